The van der Waals surface area contributed by atoms with Crippen LogP contribution in [0, 0.1) is 0 Å². The SMILES string of the molecule is CCCCCNC(=O)c1cc(Cl)ccc1O. The van der Waals surface area contributed by atoms with Crippen LogP contribution in [0.3, 0.4) is 0 Å². The number of phenols is 1. The van der Waals surface area contributed by atoms with E-state index in [1.807, 2.05) is 0 Å². The number of halogens is 1. The Morgan fingerprint density at radius 3 is 2.88 bits per heavy atom. The van der Waals surface area contributed by atoms with Gasteiger partial charge in [0.25, 0.3) is 5.91 Å². The van der Waals surface area contributed by atoms with E-state index in [2.05, 4.69) is 12.2 Å². The normalized spacial score (nSPS) is 10.1. The average molecular weight is 242 g/mol. The summed E-state index contributed by atoms with van der Waals surface area (Å²) in [5, 5.41) is 12.7. The van der Waals surface area contributed by atoms with Gasteiger partial charge in [-0.25, -0.2) is 0 Å². The topological polar surface area (TPSA) is 49.3 Å². The van der Waals surface area contributed by atoms with Crippen molar-refractivity contribution >= 4 is 17.5 Å². The molecule has 1 aromatic rings. The largest absolute Gasteiger partial charge is 0.507 e. The highest BCUT2D eigenvalue weighted by Crippen LogP contribution is 2.21. The van der Waals surface area contributed by atoms with E-state index in [9.17, 15) is 9.90 Å². The molecule has 0 heterocycles. The van der Waals surface area contributed by atoms with Crippen molar-refractivity contribution in [1.29, 1.82) is 0 Å². The highest BCUT2D eigenvalue weighted by molar-refractivity contribution is 6.31. The van der Waals surface area contributed by atoms with Gasteiger partial charge in [-0.15, -0.1) is 0 Å². The van der Waals surface area contributed by atoms with Gasteiger partial charge in [-0.1, -0.05) is 31.4 Å². The van der Waals surface area contributed by atoms with Gasteiger partial charge in [0.15, 0.2) is 0 Å². The minimum Gasteiger partial charge on any atom is -0.507 e. The Labute approximate surface area is 100 Å². The van der Waals surface area contributed by atoms with Crippen molar-refractivity contribution in [2.45, 2.75) is 26.2 Å². The molecule has 0 saturated carbocycles. The first kappa shape index (κ1) is 12.8. The van der Waals surface area contributed by atoms with E-state index in [4.69, 9.17) is 11.6 Å². The molecule has 1 amide bonds. The van der Waals surface area contributed by atoms with Crippen molar-refractivity contribution in [3.8, 4) is 5.75 Å². The van der Waals surface area contributed by atoms with Gasteiger partial charge < -0.3 is 10.4 Å². The first-order chi connectivity index (χ1) is 7.65. The summed E-state index contributed by atoms with van der Waals surface area (Å²) in [6, 6.07) is 4.43. The van der Waals surface area contributed by atoms with E-state index in [0.29, 0.717) is 11.6 Å². The van der Waals surface area contributed by atoms with E-state index in [1.165, 1.54) is 12.1 Å². The number of amides is 1. The summed E-state index contributed by atoms with van der Waals surface area (Å²) in [5.41, 5.74) is 0.226. The Morgan fingerprint density at radius 1 is 1.44 bits per heavy atom. The molecule has 16 heavy (non-hydrogen) atoms. The van der Waals surface area contributed by atoms with Crippen molar-refractivity contribution in [2.24, 2.45) is 0 Å². The van der Waals surface area contributed by atoms with Gasteiger partial charge in [0.2, 0.25) is 0 Å². The number of benzene rings is 1. The van der Waals surface area contributed by atoms with Crippen molar-refractivity contribution in [3.63, 3.8) is 0 Å². The minimum atomic E-state index is -0.281. The third-order valence-electron chi connectivity index (χ3n) is 2.27. The number of rotatable bonds is 5. The number of hydrogen-bond donors (Lipinski definition) is 2. The fourth-order valence-electron chi connectivity index (χ4n) is 1.36. The number of carbonyl (C=O) groups excluding carboxylic acids is 1. The van der Waals surface area contributed by atoms with Gasteiger partial charge in [0.1, 0.15) is 5.75 Å². The quantitative estimate of drug-likeness (QED) is 0.779. The summed E-state index contributed by atoms with van der Waals surface area (Å²) in [4.78, 5) is 11.7. The lowest BCUT2D eigenvalue weighted by molar-refractivity contribution is 0.0950. The zero-order valence-electron chi connectivity index (χ0n) is 9.29. The van der Waals surface area contributed by atoms with Crippen molar-refractivity contribution in [2.75, 3.05) is 6.54 Å². The number of unbranched alkanes of at least 4 members (excludes halogenated alkanes) is 2. The summed E-state index contributed by atoms with van der Waals surface area (Å²) >= 11 is 5.75. The van der Waals surface area contributed by atoms with Gasteiger partial charge in [0.05, 0.1) is 5.56 Å². The molecule has 0 atom stereocenters. The molecule has 0 aromatic heterocycles. The minimum absolute atomic E-state index is 0.0441. The first-order valence-electron chi connectivity index (χ1n) is 5.42. The average Bonchev–Trinajstić information content (AvgIpc) is 2.27. The zero-order valence-corrected chi connectivity index (χ0v) is 10.0. The van der Waals surface area contributed by atoms with Crippen LogP contribution in [0.4, 0.5) is 0 Å². The number of hydrogen-bond acceptors (Lipinski definition) is 2. The summed E-state index contributed by atoms with van der Waals surface area (Å²) in [6.45, 7) is 2.73. The molecule has 0 bridgehead atoms. The third-order valence-corrected chi connectivity index (χ3v) is 2.50. The maximum Gasteiger partial charge on any atom is 0.255 e. The Balaban J connectivity index is 2.55. The molecule has 1 rings (SSSR count). The molecule has 2 N–H and O–H groups in total. The van der Waals surface area contributed by atoms with Crippen LogP contribution in [-0.2, 0) is 0 Å². The number of aromatic hydroxyl groups is 1. The lowest BCUT2D eigenvalue weighted by Crippen LogP contribution is -2.24. The number of carbonyl (C=O) groups is 1. The molecule has 88 valence electrons. The molecule has 4 heteroatoms. The molecule has 3 nitrogen and oxygen atoms in total. The predicted octanol–water partition coefficient (Wildman–Crippen LogP) is 2.97. The smallest absolute Gasteiger partial charge is 0.255 e. The van der Waals surface area contributed by atoms with Crippen LogP contribution in [-0.4, -0.2) is 17.6 Å². The van der Waals surface area contributed by atoms with Crippen LogP contribution >= 0.6 is 11.6 Å². The van der Waals surface area contributed by atoms with Crippen molar-refractivity contribution in [3.05, 3.63) is 28.8 Å². The lowest BCUT2D eigenvalue weighted by Gasteiger charge is -2.06. The van der Waals surface area contributed by atoms with Gasteiger partial charge in [0, 0.05) is 11.6 Å². The van der Waals surface area contributed by atoms with Crippen LogP contribution < -0.4 is 5.32 Å². The van der Waals surface area contributed by atoms with E-state index in [0.717, 1.165) is 19.3 Å². The van der Waals surface area contributed by atoms with Gasteiger partial charge >= 0.3 is 0 Å². The highest BCUT2D eigenvalue weighted by Gasteiger charge is 2.10. The molecule has 0 aliphatic carbocycles. The van der Waals surface area contributed by atoms with Crippen molar-refractivity contribution in [1.82, 2.24) is 5.32 Å². The van der Waals surface area contributed by atoms with Crippen LogP contribution in [0.2, 0.25) is 5.02 Å². The maximum atomic E-state index is 11.7. The van der Waals surface area contributed by atoms with Crippen LogP contribution in [0.15, 0.2) is 18.2 Å². The fourth-order valence-corrected chi connectivity index (χ4v) is 1.53. The van der Waals surface area contributed by atoms with Gasteiger partial charge in [-0.05, 0) is 24.6 Å². The molecular formula is C12H16ClNO2. The maximum absolute atomic E-state index is 11.7. The van der Waals surface area contributed by atoms with Gasteiger partial charge in [-0.2, -0.15) is 0 Å². The molecule has 1 aromatic carbocycles. The Morgan fingerprint density at radius 2 is 2.19 bits per heavy atom. The molecule has 0 fully saturated rings. The predicted molar refractivity (Wildman–Crippen MR) is 65.0 cm³/mol. The molecule has 0 aliphatic rings. The Hall–Kier alpha value is -1.22. The van der Waals surface area contributed by atoms with Crippen LogP contribution in [0.5, 0.6) is 5.75 Å². The monoisotopic (exact) mass is 241 g/mol. The second-order valence-corrected chi connectivity index (χ2v) is 4.06. The van der Waals surface area contributed by atoms with Crippen molar-refractivity contribution < 1.29 is 9.90 Å². The van der Waals surface area contributed by atoms with E-state index in [-0.39, 0.29) is 17.2 Å². The molecule has 0 unspecified atom stereocenters. The number of nitrogens with one attached hydrogen (secondary N) is 1. The van der Waals surface area contributed by atoms with Gasteiger partial charge in [-0.3, -0.25) is 4.79 Å². The Bertz CT molecular complexity index is 366. The molecule has 0 aliphatic heterocycles. The standard InChI is InChI=1S/C12H16ClNO2/c1-2-3-4-7-14-12(16)10-8-9(13)5-6-11(10)15/h5-6,8,15H,2-4,7H2,1H3,(H,14,16). The second kappa shape index (κ2) is 6.38. The summed E-state index contributed by atoms with van der Waals surface area (Å²) in [5.74, 6) is -0.325. The summed E-state index contributed by atoms with van der Waals surface area (Å²) in [6.07, 6.45) is 3.14. The lowest BCUT2D eigenvalue weighted by atomic mass is 10.2. The van der Waals surface area contributed by atoms with Crippen LogP contribution in [0.1, 0.15) is 36.5 Å². The summed E-state index contributed by atoms with van der Waals surface area (Å²) < 4.78 is 0. The first-order valence-corrected chi connectivity index (χ1v) is 5.79. The fraction of sp³-hybridized carbons (Fsp3) is 0.417. The third kappa shape index (κ3) is 3.74. The highest BCUT2D eigenvalue weighted by atomic mass is 35.5. The van der Waals surface area contributed by atoms with Crippen LogP contribution in [0.25, 0.3) is 0 Å². The zero-order chi connectivity index (χ0) is 12.0. The summed E-state index contributed by atoms with van der Waals surface area (Å²) in [7, 11) is 0. The molecular weight excluding hydrogens is 226 g/mol. The second-order valence-electron chi connectivity index (χ2n) is 3.62. The van der Waals surface area contributed by atoms with E-state index >= 15 is 0 Å². The molecule has 0 spiro atoms. The molecule has 0 radical (unpaired) electrons. The van der Waals surface area contributed by atoms with E-state index < -0.39 is 0 Å². The number of phenolic OH excluding ortho intramolecular Hbond substituents is 1. The Kier molecular flexibility index (Phi) is 5.12. The van der Waals surface area contributed by atoms with E-state index in [1.54, 1.807) is 6.07 Å². The molecule has 0 saturated heterocycles.